The van der Waals surface area contributed by atoms with Crippen LogP contribution >= 0.6 is 22.7 Å². The average molecular weight is 269 g/mol. The third-order valence-corrected chi connectivity index (χ3v) is 5.30. The molecule has 0 spiro atoms. The van der Waals surface area contributed by atoms with Gasteiger partial charge in [-0.25, -0.2) is 0 Å². The van der Waals surface area contributed by atoms with Gasteiger partial charge in [0.2, 0.25) is 0 Å². The summed E-state index contributed by atoms with van der Waals surface area (Å²) in [4.78, 5) is 1.44. The standard InChI is InChI=1S/C13H19NOS2/c1-9(4-6-15-3)13(14-2)12-8-11-10(17-12)5-7-16-11/h5,7-9,13-14H,4,6H2,1-3H3. The molecule has 2 unspecified atom stereocenters. The molecular weight excluding hydrogens is 250 g/mol. The molecule has 0 bridgehead atoms. The Morgan fingerprint density at radius 1 is 1.41 bits per heavy atom. The van der Waals surface area contributed by atoms with Crippen molar-refractivity contribution in [1.29, 1.82) is 0 Å². The van der Waals surface area contributed by atoms with E-state index in [-0.39, 0.29) is 0 Å². The van der Waals surface area contributed by atoms with Crippen LogP contribution in [0.5, 0.6) is 0 Å². The van der Waals surface area contributed by atoms with Crippen LogP contribution in [0.2, 0.25) is 0 Å². The molecule has 4 heteroatoms. The maximum absolute atomic E-state index is 5.16. The number of fused-ring (bicyclic) bond motifs is 1. The van der Waals surface area contributed by atoms with E-state index in [9.17, 15) is 0 Å². The van der Waals surface area contributed by atoms with E-state index >= 15 is 0 Å². The monoisotopic (exact) mass is 269 g/mol. The highest BCUT2D eigenvalue weighted by molar-refractivity contribution is 7.26. The van der Waals surface area contributed by atoms with Crippen molar-refractivity contribution in [3.05, 3.63) is 22.4 Å². The van der Waals surface area contributed by atoms with Crippen LogP contribution in [0, 0.1) is 5.92 Å². The molecule has 94 valence electrons. The largest absolute Gasteiger partial charge is 0.385 e. The molecule has 0 aliphatic carbocycles. The van der Waals surface area contributed by atoms with Gasteiger partial charge < -0.3 is 10.1 Å². The van der Waals surface area contributed by atoms with E-state index in [2.05, 4.69) is 29.8 Å². The van der Waals surface area contributed by atoms with Gasteiger partial charge >= 0.3 is 0 Å². The molecule has 0 radical (unpaired) electrons. The van der Waals surface area contributed by atoms with Gasteiger partial charge in [-0.3, -0.25) is 0 Å². The zero-order valence-corrected chi connectivity index (χ0v) is 12.2. The predicted molar refractivity (Wildman–Crippen MR) is 77.2 cm³/mol. The molecular formula is C13H19NOS2. The van der Waals surface area contributed by atoms with Gasteiger partial charge in [0.1, 0.15) is 0 Å². The second-order valence-electron chi connectivity index (χ2n) is 4.32. The van der Waals surface area contributed by atoms with E-state index in [0.717, 1.165) is 13.0 Å². The highest BCUT2D eigenvalue weighted by Gasteiger charge is 2.19. The smallest absolute Gasteiger partial charge is 0.0465 e. The van der Waals surface area contributed by atoms with Crippen LogP contribution in [0.4, 0.5) is 0 Å². The zero-order valence-electron chi connectivity index (χ0n) is 10.5. The number of hydrogen-bond donors (Lipinski definition) is 1. The summed E-state index contributed by atoms with van der Waals surface area (Å²) < 4.78 is 7.98. The Morgan fingerprint density at radius 2 is 2.24 bits per heavy atom. The third kappa shape index (κ3) is 2.88. The third-order valence-electron chi connectivity index (χ3n) is 3.12. The van der Waals surface area contributed by atoms with Crippen molar-refractivity contribution in [2.24, 2.45) is 5.92 Å². The number of methoxy groups -OCH3 is 1. The SMILES string of the molecule is CNC(c1cc2sccc2s1)C(C)CCOC. The maximum Gasteiger partial charge on any atom is 0.0465 e. The van der Waals surface area contributed by atoms with E-state index in [1.54, 1.807) is 7.11 Å². The average Bonchev–Trinajstić information content (AvgIpc) is 2.88. The number of thiophene rings is 2. The topological polar surface area (TPSA) is 21.3 Å². The fourth-order valence-corrected chi connectivity index (χ4v) is 4.48. The molecule has 0 aliphatic rings. The summed E-state index contributed by atoms with van der Waals surface area (Å²) in [7, 11) is 3.81. The van der Waals surface area contributed by atoms with Crippen molar-refractivity contribution >= 4 is 32.1 Å². The van der Waals surface area contributed by atoms with Crippen molar-refractivity contribution in [1.82, 2.24) is 5.32 Å². The summed E-state index contributed by atoms with van der Waals surface area (Å²) in [5.41, 5.74) is 0. The lowest BCUT2D eigenvalue weighted by atomic mass is 9.97. The Labute approximate surface area is 111 Å². The van der Waals surface area contributed by atoms with Gasteiger partial charge in [-0.15, -0.1) is 22.7 Å². The summed E-state index contributed by atoms with van der Waals surface area (Å²) in [6.07, 6.45) is 1.09. The number of rotatable bonds is 6. The summed E-state index contributed by atoms with van der Waals surface area (Å²) in [6.45, 7) is 3.12. The normalized spacial score (nSPS) is 15.2. The lowest BCUT2D eigenvalue weighted by molar-refractivity contribution is 0.171. The lowest BCUT2D eigenvalue weighted by Gasteiger charge is -2.22. The Hall–Kier alpha value is -0.420. The van der Waals surface area contributed by atoms with Crippen LogP contribution in [0.15, 0.2) is 17.5 Å². The van der Waals surface area contributed by atoms with Gasteiger partial charge in [-0.2, -0.15) is 0 Å². The van der Waals surface area contributed by atoms with Crippen molar-refractivity contribution in [3.8, 4) is 0 Å². The molecule has 0 aliphatic heterocycles. The first kappa shape index (κ1) is 13.0. The molecule has 17 heavy (non-hydrogen) atoms. The molecule has 1 N–H and O–H groups in total. The van der Waals surface area contributed by atoms with Gasteiger partial charge in [0, 0.05) is 34.0 Å². The van der Waals surface area contributed by atoms with E-state index < -0.39 is 0 Å². The van der Waals surface area contributed by atoms with Gasteiger partial charge in [0.25, 0.3) is 0 Å². The Balaban J connectivity index is 2.14. The van der Waals surface area contributed by atoms with E-state index in [0.29, 0.717) is 12.0 Å². The Kier molecular flexibility index (Phi) is 4.56. The first-order valence-electron chi connectivity index (χ1n) is 5.89. The summed E-state index contributed by atoms with van der Waals surface area (Å²) in [6, 6.07) is 4.98. The minimum absolute atomic E-state index is 0.440. The molecule has 0 amide bonds. The fraction of sp³-hybridized carbons (Fsp3) is 0.538. The van der Waals surface area contributed by atoms with Crippen molar-refractivity contribution in [3.63, 3.8) is 0 Å². The van der Waals surface area contributed by atoms with Gasteiger partial charge in [-0.1, -0.05) is 6.92 Å². The molecule has 0 saturated heterocycles. The molecule has 0 aromatic carbocycles. The summed E-state index contributed by atoms with van der Waals surface area (Å²) >= 11 is 3.73. The summed E-state index contributed by atoms with van der Waals surface area (Å²) in [5.74, 6) is 0.590. The van der Waals surface area contributed by atoms with E-state index in [1.807, 2.05) is 29.7 Å². The number of nitrogens with one attached hydrogen (secondary N) is 1. The van der Waals surface area contributed by atoms with Gasteiger partial charge in [0.15, 0.2) is 0 Å². The van der Waals surface area contributed by atoms with Crippen LogP contribution in [0.25, 0.3) is 9.40 Å². The second-order valence-corrected chi connectivity index (χ2v) is 6.39. The molecule has 0 saturated carbocycles. The van der Waals surface area contributed by atoms with Crippen LogP contribution in [0.1, 0.15) is 24.3 Å². The predicted octanol–water partition coefficient (Wildman–Crippen LogP) is 3.90. The van der Waals surface area contributed by atoms with Crippen LogP contribution in [-0.4, -0.2) is 20.8 Å². The van der Waals surface area contributed by atoms with E-state index in [1.165, 1.54) is 14.3 Å². The fourth-order valence-electron chi connectivity index (χ4n) is 2.12. The van der Waals surface area contributed by atoms with Crippen molar-refractivity contribution < 1.29 is 4.74 Å². The molecule has 2 aromatic heterocycles. The quantitative estimate of drug-likeness (QED) is 0.859. The first-order chi connectivity index (χ1) is 8.26. The first-order valence-corrected chi connectivity index (χ1v) is 7.59. The van der Waals surface area contributed by atoms with E-state index in [4.69, 9.17) is 4.74 Å². The zero-order chi connectivity index (χ0) is 12.3. The Bertz CT molecular complexity index is 434. The van der Waals surface area contributed by atoms with Gasteiger partial charge in [0.05, 0.1) is 0 Å². The van der Waals surface area contributed by atoms with Crippen molar-refractivity contribution in [2.75, 3.05) is 20.8 Å². The minimum atomic E-state index is 0.440. The van der Waals surface area contributed by atoms with Crippen molar-refractivity contribution in [2.45, 2.75) is 19.4 Å². The molecule has 2 aromatic rings. The van der Waals surface area contributed by atoms with Gasteiger partial charge in [-0.05, 0) is 36.9 Å². The molecule has 2 heterocycles. The lowest BCUT2D eigenvalue weighted by Crippen LogP contribution is -2.23. The highest BCUT2D eigenvalue weighted by Crippen LogP contribution is 2.36. The molecule has 2 rings (SSSR count). The summed E-state index contributed by atoms with van der Waals surface area (Å²) in [5, 5.41) is 5.60. The number of ether oxygens (including phenoxy) is 1. The van der Waals surface area contributed by atoms with Crippen LogP contribution < -0.4 is 5.32 Å². The molecule has 0 fully saturated rings. The number of hydrogen-bond acceptors (Lipinski definition) is 4. The van der Waals surface area contributed by atoms with Crippen LogP contribution in [-0.2, 0) is 4.74 Å². The molecule has 2 nitrogen and oxygen atoms in total. The second kappa shape index (κ2) is 5.96. The minimum Gasteiger partial charge on any atom is -0.385 e. The Morgan fingerprint density at radius 3 is 2.88 bits per heavy atom. The maximum atomic E-state index is 5.16. The molecule has 2 atom stereocenters. The highest BCUT2D eigenvalue weighted by atomic mass is 32.1. The van der Waals surface area contributed by atoms with Crippen LogP contribution in [0.3, 0.4) is 0 Å².